The summed E-state index contributed by atoms with van der Waals surface area (Å²) in [5.41, 5.74) is 8.12. The Labute approximate surface area is 118 Å². The third-order valence-corrected chi connectivity index (χ3v) is 4.34. The lowest BCUT2D eigenvalue weighted by atomic mass is 10.2. The summed E-state index contributed by atoms with van der Waals surface area (Å²) in [6, 6.07) is 14.5. The van der Waals surface area contributed by atoms with Crippen LogP contribution in [0.4, 0.5) is 11.4 Å². The van der Waals surface area contributed by atoms with Gasteiger partial charge in [0.15, 0.2) is 0 Å². The molecule has 2 aromatic carbocycles. The summed E-state index contributed by atoms with van der Waals surface area (Å²) in [6.45, 7) is 0.628. The van der Waals surface area contributed by atoms with Crippen molar-refractivity contribution in [1.82, 2.24) is 4.72 Å². The van der Waals surface area contributed by atoms with E-state index in [1.165, 1.54) is 19.2 Å². The topological polar surface area (TPSA) is 84.2 Å². The molecule has 20 heavy (non-hydrogen) atoms. The minimum atomic E-state index is -3.46. The number of rotatable bonds is 5. The molecular formula is C14H17N3O2S. The maximum absolute atomic E-state index is 11.7. The third kappa shape index (κ3) is 3.28. The molecule has 0 radical (unpaired) electrons. The monoisotopic (exact) mass is 291 g/mol. The van der Waals surface area contributed by atoms with Crippen LogP contribution in [0, 0.1) is 0 Å². The number of benzene rings is 2. The molecule has 106 valence electrons. The number of sulfonamides is 1. The second-order valence-corrected chi connectivity index (χ2v) is 6.18. The van der Waals surface area contributed by atoms with Crippen LogP contribution in [0.1, 0.15) is 5.56 Å². The molecule has 0 atom stereocenters. The summed E-state index contributed by atoms with van der Waals surface area (Å²) in [7, 11) is -2.09. The molecule has 0 fully saturated rings. The van der Waals surface area contributed by atoms with Crippen LogP contribution in [-0.4, -0.2) is 15.5 Å². The summed E-state index contributed by atoms with van der Waals surface area (Å²) in [5.74, 6) is 0. The van der Waals surface area contributed by atoms with Crippen LogP contribution >= 0.6 is 0 Å². The lowest BCUT2D eigenvalue weighted by Gasteiger charge is -2.11. The van der Waals surface area contributed by atoms with Gasteiger partial charge >= 0.3 is 0 Å². The van der Waals surface area contributed by atoms with Crippen molar-refractivity contribution in [2.75, 3.05) is 18.1 Å². The zero-order valence-corrected chi connectivity index (χ0v) is 11.9. The first-order valence-electron chi connectivity index (χ1n) is 6.14. The molecule has 0 bridgehead atoms. The Morgan fingerprint density at radius 1 is 1.10 bits per heavy atom. The van der Waals surface area contributed by atoms with Crippen molar-refractivity contribution in [3.8, 4) is 0 Å². The second kappa shape index (κ2) is 5.94. The second-order valence-electron chi connectivity index (χ2n) is 4.30. The molecule has 0 aliphatic carbocycles. The van der Waals surface area contributed by atoms with E-state index in [1.54, 1.807) is 6.07 Å². The molecule has 2 rings (SSSR count). The Hall–Kier alpha value is -2.05. The third-order valence-electron chi connectivity index (χ3n) is 2.93. The van der Waals surface area contributed by atoms with Gasteiger partial charge in [-0.3, -0.25) is 0 Å². The number of hydrogen-bond acceptors (Lipinski definition) is 4. The molecule has 0 saturated carbocycles. The van der Waals surface area contributed by atoms with Crippen molar-refractivity contribution in [1.29, 1.82) is 0 Å². The Bertz CT molecular complexity index is 685. The molecule has 4 N–H and O–H groups in total. The van der Waals surface area contributed by atoms with Gasteiger partial charge in [-0.2, -0.15) is 0 Å². The number of hydrogen-bond donors (Lipinski definition) is 3. The summed E-state index contributed by atoms with van der Waals surface area (Å²) < 4.78 is 25.6. The van der Waals surface area contributed by atoms with Gasteiger partial charge in [-0.05, 0) is 30.8 Å². The lowest BCUT2D eigenvalue weighted by molar-refractivity contribution is 0.588. The van der Waals surface area contributed by atoms with Gasteiger partial charge in [0.1, 0.15) is 0 Å². The average molecular weight is 291 g/mol. The number of nitrogens with two attached hydrogens (primary N) is 1. The zero-order chi connectivity index (χ0) is 14.6. The largest absolute Gasteiger partial charge is 0.397 e. The Kier molecular flexibility index (Phi) is 4.26. The normalized spacial score (nSPS) is 11.2. The maximum Gasteiger partial charge on any atom is 0.240 e. The highest BCUT2D eigenvalue weighted by Gasteiger charge is 2.12. The van der Waals surface area contributed by atoms with Crippen LogP contribution < -0.4 is 15.8 Å². The molecule has 0 aromatic heterocycles. The van der Waals surface area contributed by atoms with E-state index in [4.69, 9.17) is 5.73 Å². The first-order chi connectivity index (χ1) is 9.53. The minimum absolute atomic E-state index is 0.155. The molecule has 6 heteroatoms. The Morgan fingerprint density at radius 2 is 1.80 bits per heavy atom. The van der Waals surface area contributed by atoms with Crippen LogP contribution in [0.2, 0.25) is 0 Å². The fourth-order valence-corrected chi connectivity index (χ4v) is 2.54. The smallest absolute Gasteiger partial charge is 0.240 e. The molecular weight excluding hydrogens is 274 g/mol. The maximum atomic E-state index is 11.7. The molecule has 0 saturated heterocycles. The van der Waals surface area contributed by atoms with E-state index in [-0.39, 0.29) is 4.90 Å². The molecule has 5 nitrogen and oxygen atoms in total. The van der Waals surface area contributed by atoms with Gasteiger partial charge in [-0.1, -0.05) is 30.3 Å². The molecule has 0 aliphatic rings. The predicted molar refractivity (Wildman–Crippen MR) is 80.9 cm³/mol. The zero-order valence-electron chi connectivity index (χ0n) is 11.1. The first-order valence-corrected chi connectivity index (χ1v) is 7.62. The van der Waals surface area contributed by atoms with Gasteiger partial charge in [0.05, 0.1) is 16.3 Å². The highest BCUT2D eigenvalue weighted by molar-refractivity contribution is 7.89. The van der Waals surface area contributed by atoms with Crippen molar-refractivity contribution in [2.24, 2.45) is 0 Å². The fourth-order valence-electron chi connectivity index (χ4n) is 1.78. The molecule has 0 amide bonds. The minimum Gasteiger partial charge on any atom is -0.397 e. The summed E-state index contributed by atoms with van der Waals surface area (Å²) in [6.07, 6.45) is 0. The van der Waals surface area contributed by atoms with E-state index in [2.05, 4.69) is 10.0 Å². The molecule has 2 aromatic rings. The van der Waals surface area contributed by atoms with Gasteiger partial charge in [0, 0.05) is 6.54 Å². The fraction of sp³-hybridized carbons (Fsp3) is 0.143. The highest BCUT2D eigenvalue weighted by Crippen LogP contribution is 2.23. The predicted octanol–water partition coefficient (Wildman–Crippen LogP) is 1.79. The molecule has 0 spiro atoms. The van der Waals surface area contributed by atoms with Gasteiger partial charge in [0.2, 0.25) is 10.0 Å². The van der Waals surface area contributed by atoms with Gasteiger partial charge in [-0.15, -0.1) is 0 Å². The standard InChI is InChI=1S/C14H17N3O2S/c1-16-20(18,19)12-7-8-14(13(15)9-12)17-10-11-5-3-2-4-6-11/h2-9,16-17H,10,15H2,1H3. The number of nitrogens with one attached hydrogen (secondary N) is 2. The summed E-state index contributed by atoms with van der Waals surface area (Å²) >= 11 is 0. The SMILES string of the molecule is CNS(=O)(=O)c1ccc(NCc2ccccc2)c(N)c1. The summed E-state index contributed by atoms with van der Waals surface area (Å²) in [5, 5.41) is 3.19. The van der Waals surface area contributed by atoms with Gasteiger partial charge < -0.3 is 11.1 Å². The van der Waals surface area contributed by atoms with E-state index in [9.17, 15) is 8.42 Å². The molecule has 0 unspecified atom stereocenters. The molecule has 0 aliphatic heterocycles. The lowest BCUT2D eigenvalue weighted by Crippen LogP contribution is -2.18. The number of nitrogen functional groups attached to an aromatic ring is 1. The highest BCUT2D eigenvalue weighted by atomic mass is 32.2. The van der Waals surface area contributed by atoms with Crippen molar-refractivity contribution in [2.45, 2.75) is 11.4 Å². The Balaban J connectivity index is 2.15. The van der Waals surface area contributed by atoms with E-state index < -0.39 is 10.0 Å². The van der Waals surface area contributed by atoms with Crippen LogP contribution in [0.15, 0.2) is 53.4 Å². The van der Waals surface area contributed by atoms with Crippen LogP contribution in [0.3, 0.4) is 0 Å². The van der Waals surface area contributed by atoms with Gasteiger partial charge in [0.25, 0.3) is 0 Å². The van der Waals surface area contributed by atoms with Crippen molar-refractivity contribution in [3.63, 3.8) is 0 Å². The van der Waals surface area contributed by atoms with Crippen LogP contribution in [0.5, 0.6) is 0 Å². The van der Waals surface area contributed by atoms with Gasteiger partial charge in [-0.25, -0.2) is 13.1 Å². The average Bonchev–Trinajstić information content (AvgIpc) is 2.47. The Morgan fingerprint density at radius 3 is 2.40 bits per heavy atom. The van der Waals surface area contributed by atoms with E-state index >= 15 is 0 Å². The number of anilines is 2. The van der Waals surface area contributed by atoms with Crippen LogP contribution in [-0.2, 0) is 16.6 Å². The van der Waals surface area contributed by atoms with E-state index in [0.29, 0.717) is 17.9 Å². The van der Waals surface area contributed by atoms with E-state index in [1.807, 2.05) is 30.3 Å². The summed E-state index contributed by atoms with van der Waals surface area (Å²) in [4.78, 5) is 0.155. The molecule has 0 heterocycles. The van der Waals surface area contributed by atoms with Crippen LogP contribution in [0.25, 0.3) is 0 Å². The van der Waals surface area contributed by atoms with Crippen molar-refractivity contribution < 1.29 is 8.42 Å². The quantitative estimate of drug-likeness (QED) is 0.733. The van der Waals surface area contributed by atoms with Crippen molar-refractivity contribution in [3.05, 3.63) is 54.1 Å². The first kappa shape index (κ1) is 14.4. The van der Waals surface area contributed by atoms with E-state index in [0.717, 1.165) is 5.56 Å². The van der Waals surface area contributed by atoms with Crippen molar-refractivity contribution >= 4 is 21.4 Å².